The van der Waals surface area contributed by atoms with Gasteiger partial charge in [-0.15, -0.1) is 0 Å². The number of aryl methyl sites for hydroxylation is 2. The molecule has 1 fully saturated rings. The molecular weight excluding hydrogens is 330 g/mol. The fourth-order valence-corrected chi connectivity index (χ4v) is 3.74. The molecule has 2 heterocycles. The maximum Gasteiger partial charge on any atom is 0.325 e. The van der Waals surface area contributed by atoms with E-state index in [1.54, 1.807) is 13.3 Å². The maximum absolute atomic E-state index is 10.8. The van der Waals surface area contributed by atoms with Crippen LogP contribution in [0, 0.1) is 13.8 Å². The highest BCUT2D eigenvalue weighted by Gasteiger charge is 2.24. The Kier molecular flexibility index (Phi) is 5.61. The van der Waals surface area contributed by atoms with E-state index in [0.717, 1.165) is 49.5 Å². The summed E-state index contributed by atoms with van der Waals surface area (Å²) in [5.41, 5.74) is 4.74. The van der Waals surface area contributed by atoms with E-state index in [9.17, 15) is 4.79 Å². The van der Waals surface area contributed by atoms with Gasteiger partial charge >= 0.3 is 5.97 Å². The van der Waals surface area contributed by atoms with Gasteiger partial charge in [-0.05, 0) is 62.1 Å². The molecule has 2 aromatic rings. The number of methoxy groups -OCH3 is 1. The fourth-order valence-electron chi connectivity index (χ4n) is 3.74. The molecule has 0 unspecified atom stereocenters. The van der Waals surface area contributed by atoms with Crippen molar-refractivity contribution < 1.29 is 14.6 Å². The van der Waals surface area contributed by atoms with E-state index in [0.29, 0.717) is 5.92 Å². The first-order valence-electron chi connectivity index (χ1n) is 9.08. The van der Waals surface area contributed by atoms with Gasteiger partial charge in [0.15, 0.2) is 0 Å². The molecule has 1 N–H and O–H groups in total. The first kappa shape index (κ1) is 18.5. The number of carbonyl (C=O) groups is 1. The summed E-state index contributed by atoms with van der Waals surface area (Å²) in [6.07, 6.45) is 3.99. The van der Waals surface area contributed by atoms with Gasteiger partial charge in [0.25, 0.3) is 0 Å². The summed E-state index contributed by atoms with van der Waals surface area (Å²) in [5.74, 6) is 0.431. The first-order chi connectivity index (χ1) is 12.5. The molecule has 0 spiro atoms. The van der Waals surface area contributed by atoms with E-state index in [4.69, 9.17) is 9.84 Å². The third-order valence-corrected chi connectivity index (χ3v) is 5.13. The number of piperidine rings is 1. The molecule has 1 saturated heterocycles. The Bertz CT molecular complexity index is 785. The van der Waals surface area contributed by atoms with Crippen molar-refractivity contribution in [3.63, 3.8) is 0 Å². The van der Waals surface area contributed by atoms with Gasteiger partial charge in [-0.1, -0.05) is 6.07 Å². The highest BCUT2D eigenvalue weighted by atomic mass is 16.5. The summed E-state index contributed by atoms with van der Waals surface area (Å²) in [6, 6.07) is 6.29. The topological polar surface area (TPSA) is 67.6 Å². The predicted octanol–water partition coefficient (Wildman–Crippen LogP) is 2.97. The van der Waals surface area contributed by atoms with Crippen molar-refractivity contribution in [3.05, 3.63) is 46.8 Å². The molecule has 0 radical (unpaired) electrons. The van der Waals surface area contributed by atoms with Crippen LogP contribution in [0.25, 0.3) is 0 Å². The first-order valence-corrected chi connectivity index (χ1v) is 9.08. The molecule has 6 heteroatoms. The molecular formula is C20H27N3O3. The number of aliphatic carboxylic acids is 1. The minimum atomic E-state index is -0.865. The fraction of sp³-hybridized carbons (Fsp3) is 0.500. The summed E-state index contributed by atoms with van der Waals surface area (Å²) < 4.78 is 6.92. The largest absolute Gasteiger partial charge is 0.496 e. The molecule has 1 atom stereocenters. The van der Waals surface area contributed by atoms with Crippen molar-refractivity contribution >= 4 is 5.97 Å². The highest BCUT2D eigenvalue weighted by molar-refractivity contribution is 5.66. The standard InChI is InChI=1S/C20H27N3O3/c1-14-10-19(26-3)15(2)9-17(14)12-22-7-4-5-16(11-22)18-6-8-23(21-18)13-20(24)25/h6,8-10,16H,4-5,7,11-13H2,1-3H3,(H,24,25)/t16-/m0/s1. The van der Waals surface area contributed by atoms with Crippen LogP contribution in [0.2, 0.25) is 0 Å². The van der Waals surface area contributed by atoms with Crippen LogP contribution in [-0.4, -0.2) is 46.0 Å². The molecule has 0 amide bonds. The molecule has 1 aromatic heterocycles. The van der Waals surface area contributed by atoms with Gasteiger partial charge in [0.1, 0.15) is 12.3 Å². The van der Waals surface area contributed by atoms with Gasteiger partial charge in [-0.2, -0.15) is 5.10 Å². The second-order valence-electron chi connectivity index (χ2n) is 7.15. The van der Waals surface area contributed by atoms with Gasteiger partial charge < -0.3 is 9.84 Å². The molecule has 140 valence electrons. The van der Waals surface area contributed by atoms with E-state index in [1.807, 2.05) is 6.07 Å². The van der Waals surface area contributed by atoms with Crippen LogP contribution in [0.4, 0.5) is 0 Å². The normalized spacial score (nSPS) is 18.0. The van der Waals surface area contributed by atoms with Crippen molar-refractivity contribution in [2.75, 3.05) is 20.2 Å². The molecule has 1 aromatic carbocycles. The Morgan fingerprint density at radius 1 is 1.35 bits per heavy atom. The zero-order valence-electron chi connectivity index (χ0n) is 15.7. The lowest BCUT2D eigenvalue weighted by Crippen LogP contribution is -2.34. The van der Waals surface area contributed by atoms with Crippen LogP contribution < -0.4 is 4.74 Å². The molecule has 1 aliphatic rings. The van der Waals surface area contributed by atoms with E-state index < -0.39 is 5.97 Å². The third-order valence-electron chi connectivity index (χ3n) is 5.13. The van der Waals surface area contributed by atoms with Crippen LogP contribution in [0.1, 0.15) is 41.1 Å². The van der Waals surface area contributed by atoms with Gasteiger partial charge in [0.2, 0.25) is 0 Å². The minimum Gasteiger partial charge on any atom is -0.496 e. The van der Waals surface area contributed by atoms with Crippen molar-refractivity contribution in [1.82, 2.24) is 14.7 Å². The Balaban J connectivity index is 1.68. The summed E-state index contributed by atoms with van der Waals surface area (Å²) in [4.78, 5) is 13.3. The Labute approximate surface area is 154 Å². The molecule has 1 aliphatic heterocycles. The zero-order valence-corrected chi connectivity index (χ0v) is 15.7. The number of nitrogens with zero attached hydrogens (tertiary/aromatic N) is 3. The monoisotopic (exact) mass is 357 g/mol. The summed E-state index contributed by atoms with van der Waals surface area (Å²) in [5, 5.41) is 13.4. The Hall–Kier alpha value is -2.34. The number of ether oxygens (including phenoxy) is 1. The number of hydrogen-bond donors (Lipinski definition) is 1. The summed E-state index contributed by atoms with van der Waals surface area (Å²) >= 11 is 0. The minimum absolute atomic E-state index is 0.0826. The van der Waals surface area contributed by atoms with Crippen molar-refractivity contribution in [1.29, 1.82) is 0 Å². The maximum atomic E-state index is 10.8. The average Bonchev–Trinajstić information content (AvgIpc) is 3.06. The molecule has 0 aliphatic carbocycles. The van der Waals surface area contributed by atoms with Crippen molar-refractivity contribution in [2.45, 2.75) is 45.7 Å². The van der Waals surface area contributed by atoms with E-state index in [-0.39, 0.29) is 6.54 Å². The summed E-state index contributed by atoms with van der Waals surface area (Å²) in [7, 11) is 1.71. The smallest absolute Gasteiger partial charge is 0.325 e. The lowest BCUT2D eigenvalue weighted by atomic mass is 9.94. The second-order valence-corrected chi connectivity index (χ2v) is 7.15. The SMILES string of the molecule is COc1cc(C)c(CN2CCC[C@H](c3ccn(CC(=O)O)n3)C2)cc1C. The molecule has 26 heavy (non-hydrogen) atoms. The van der Waals surface area contributed by atoms with Gasteiger partial charge in [-0.25, -0.2) is 0 Å². The number of likely N-dealkylation sites (tertiary alicyclic amines) is 1. The lowest BCUT2D eigenvalue weighted by molar-refractivity contribution is -0.137. The highest BCUT2D eigenvalue weighted by Crippen LogP contribution is 2.28. The Morgan fingerprint density at radius 3 is 2.88 bits per heavy atom. The second kappa shape index (κ2) is 7.91. The average molecular weight is 357 g/mol. The molecule has 6 nitrogen and oxygen atoms in total. The number of carboxylic acid groups (broad SMARTS) is 1. The van der Waals surface area contributed by atoms with E-state index in [1.165, 1.54) is 15.8 Å². The van der Waals surface area contributed by atoms with Crippen LogP contribution in [0.3, 0.4) is 0 Å². The number of rotatable bonds is 6. The van der Waals surface area contributed by atoms with E-state index in [2.05, 4.69) is 36.0 Å². The zero-order chi connectivity index (χ0) is 18.7. The van der Waals surface area contributed by atoms with Gasteiger partial charge in [0, 0.05) is 25.2 Å². The van der Waals surface area contributed by atoms with Crippen LogP contribution >= 0.6 is 0 Å². The molecule has 3 rings (SSSR count). The van der Waals surface area contributed by atoms with Crippen LogP contribution in [-0.2, 0) is 17.9 Å². The van der Waals surface area contributed by atoms with Gasteiger partial charge in [-0.3, -0.25) is 14.4 Å². The van der Waals surface area contributed by atoms with Crippen LogP contribution in [0.5, 0.6) is 5.75 Å². The number of benzene rings is 1. The summed E-state index contributed by atoms with van der Waals surface area (Å²) in [6.45, 7) is 7.08. The number of carboxylic acids is 1. The van der Waals surface area contributed by atoms with Gasteiger partial charge in [0.05, 0.1) is 12.8 Å². The Morgan fingerprint density at radius 2 is 2.15 bits per heavy atom. The predicted molar refractivity (Wildman–Crippen MR) is 99.6 cm³/mol. The molecule has 0 saturated carbocycles. The number of aromatic nitrogens is 2. The molecule has 0 bridgehead atoms. The number of hydrogen-bond acceptors (Lipinski definition) is 4. The third kappa shape index (κ3) is 4.25. The van der Waals surface area contributed by atoms with Crippen LogP contribution in [0.15, 0.2) is 24.4 Å². The quantitative estimate of drug-likeness (QED) is 0.861. The van der Waals surface area contributed by atoms with E-state index >= 15 is 0 Å². The van der Waals surface area contributed by atoms with Crippen molar-refractivity contribution in [2.24, 2.45) is 0 Å². The lowest BCUT2D eigenvalue weighted by Gasteiger charge is -2.32. The van der Waals surface area contributed by atoms with Crippen molar-refractivity contribution in [3.8, 4) is 5.75 Å².